The van der Waals surface area contributed by atoms with Crippen LogP contribution in [0.5, 0.6) is 5.75 Å². The van der Waals surface area contributed by atoms with Crippen molar-refractivity contribution in [1.82, 2.24) is 14.8 Å². The molecule has 0 aliphatic carbocycles. The Morgan fingerprint density at radius 3 is 2.68 bits per heavy atom. The second kappa shape index (κ2) is 5.73. The van der Waals surface area contributed by atoms with Gasteiger partial charge in [0.1, 0.15) is 5.75 Å². The van der Waals surface area contributed by atoms with E-state index in [-0.39, 0.29) is 0 Å². The molecule has 0 unspecified atom stereocenters. The number of anilines is 1. The molecule has 5 heteroatoms. The van der Waals surface area contributed by atoms with Gasteiger partial charge in [0.15, 0.2) is 5.82 Å². The molecule has 1 heterocycles. The zero-order chi connectivity index (χ0) is 13.8. The van der Waals surface area contributed by atoms with Crippen LogP contribution in [0.3, 0.4) is 0 Å². The molecule has 0 aliphatic rings. The monoisotopic (exact) mass is 260 g/mol. The topological polar surface area (TPSA) is 52.0 Å². The Morgan fingerprint density at radius 2 is 2.05 bits per heavy atom. The van der Waals surface area contributed by atoms with Gasteiger partial charge in [-0.2, -0.15) is 0 Å². The van der Waals surface area contributed by atoms with Crippen molar-refractivity contribution in [3.8, 4) is 17.1 Å². The lowest BCUT2D eigenvalue weighted by Crippen LogP contribution is -2.07. The number of hydrogen-bond donors (Lipinski definition) is 1. The van der Waals surface area contributed by atoms with Gasteiger partial charge in [-0.05, 0) is 32.9 Å². The molecule has 0 bridgehead atoms. The third-order valence-corrected chi connectivity index (χ3v) is 3.00. The van der Waals surface area contributed by atoms with Crippen LogP contribution in [-0.2, 0) is 6.54 Å². The molecule has 0 saturated heterocycles. The fourth-order valence-electron chi connectivity index (χ4n) is 2.09. The number of aromatic nitrogens is 3. The first-order valence-corrected chi connectivity index (χ1v) is 6.53. The van der Waals surface area contributed by atoms with E-state index in [0.717, 1.165) is 36.2 Å². The Bertz CT molecular complexity index is 563. The van der Waals surface area contributed by atoms with Crippen LogP contribution >= 0.6 is 0 Å². The molecule has 2 aromatic rings. The molecular weight excluding hydrogens is 240 g/mol. The van der Waals surface area contributed by atoms with E-state index in [1.165, 1.54) is 5.56 Å². The second-order valence-corrected chi connectivity index (χ2v) is 4.33. The van der Waals surface area contributed by atoms with Crippen LogP contribution in [0.2, 0.25) is 0 Å². The maximum Gasteiger partial charge on any atom is 0.224 e. The van der Waals surface area contributed by atoms with E-state index >= 15 is 0 Å². The van der Waals surface area contributed by atoms with Gasteiger partial charge in [0, 0.05) is 13.1 Å². The summed E-state index contributed by atoms with van der Waals surface area (Å²) in [5.41, 5.74) is 2.15. The SMILES string of the molecule is CCNc1nnc(-c2cc(C)ccc2OC)n1CC. The molecule has 2 rings (SSSR count). The minimum Gasteiger partial charge on any atom is -0.496 e. The van der Waals surface area contributed by atoms with Crippen LogP contribution in [0.4, 0.5) is 5.95 Å². The highest BCUT2D eigenvalue weighted by Crippen LogP contribution is 2.30. The van der Waals surface area contributed by atoms with Crippen LogP contribution in [0.15, 0.2) is 18.2 Å². The average molecular weight is 260 g/mol. The zero-order valence-corrected chi connectivity index (χ0v) is 11.9. The Hall–Kier alpha value is -2.04. The highest BCUT2D eigenvalue weighted by Gasteiger charge is 2.15. The maximum absolute atomic E-state index is 5.42. The normalized spacial score (nSPS) is 10.5. The second-order valence-electron chi connectivity index (χ2n) is 4.33. The fraction of sp³-hybridized carbons (Fsp3) is 0.429. The average Bonchev–Trinajstić information content (AvgIpc) is 2.82. The molecule has 102 valence electrons. The van der Waals surface area contributed by atoms with Crippen molar-refractivity contribution >= 4 is 5.95 Å². The molecule has 1 aromatic heterocycles. The van der Waals surface area contributed by atoms with Crippen molar-refractivity contribution in [1.29, 1.82) is 0 Å². The summed E-state index contributed by atoms with van der Waals surface area (Å²) in [6.45, 7) is 7.81. The highest BCUT2D eigenvalue weighted by atomic mass is 16.5. The maximum atomic E-state index is 5.42. The summed E-state index contributed by atoms with van der Waals surface area (Å²) in [6.07, 6.45) is 0. The van der Waals surface area contributed by atoms with Crippen molar-refractivity contribution in [3.63, 3.8) is 0 Å². The smallest absolute Gasteiger partial charge is 0.224 e. The predicted molar refractivity (Wildman–Crippen MR) is 76.6 cm³/mol. The van der Waals surface area contributed by atoms with Gasteiger partial charge in [-0.1, -0.05) is 11.6 Å². The van der Waals surface area contributed by atoms with Gasteiger partial charge < -0.3 is 10.1 Å². The van der Waals surface area contributed by atoms with Gasteiger partial charge in [-0.25, -0.2) is 0 Å². The van der Waals surface area contributed by atoms with Crippen LogP contribution < -0.4 is 10.1 Å². The summed E-state index contributed by atoms with van der Waals surface area (Å²) >= 11 is 0. The summed E-state index contributed by atoms with van der Waals surface area (Å²) in [7, 11) is 1.67. The lowest BCUT2D eigenvalue weighted by atomic mass is 10.1. The lowest BCUT2D eigenvalue weighted by Gasteiger charge is -2.11. The molecule has 5 nitrogen and oxygen atoms in total. The number of hydrogen-bond acceptors (Lipinski definition) is 4. The first-order chi connectivity index (χ1) is 9.21. The summed E-state index contributed by atoms with van der Waals surface area (Å²) < 4.78 is 7.48. The zero-order valence-electron chi connectivity index (χ0n) is 11.9. The van der Waals surface area contributed by atoms with Crippen molar-refractivity contribution in [2.45, 2.75) is 27.3 Å². The van der Waals surface area contributed by atoms with Gasteiger partial charge in [0.2, 0.25) is 5.95 Å². The number of benzene rings is 1. The van der Waals surface area contributed by atoms with E-state index < -0.39 is 0 Å². The number of rotatable bonds is 5. The summed E-state index contributed by atoms with van der Waals surface area (Å²) in [6, 6.07) is 6.07. The Balaban J connectivity index is 2.55. The fourth-order valence-corrected chi connectivity index (χ4v) is 2.09. The van der Waals surface area contributed by atoms with Crippen LogP contribution in [0.1, 0.15) is 19.4 Å². The Kier molecular flexibility index (Phi) is 4.04. The molecule has 0 aliphatic heterocycles. The van der Waals surface area contributed by atoms with Gasteiger partial charge in [0.05, 0.1) is 12.7 Å². The first-order valence-electron chi connectivity index (χ1n) is 6.53. The highest BCUT2D eigenvalue weighted by molar-refractivity contribution is 5.66. The van der Waals surface area contributed by atoms with Crippen molar-refractivity contribution in [2.24, 2.45) is 0 Å². The molecule has 0 amide bonds. The van der Waals surface area contributed by atoms with Gasteiger partial charge in [-0.15, -0.1) is 10.2 Å². The van der Waals surface area contributed by atoms with Gasteiger partial charge in [0.25, 0.3) is 0 Å². The predicted octanol–water partition coefficient (Wildman–Crippen LogP) is 2.71. The van der Waals surface area contributed by atoms with Crippen LogP contribution in [0.25, 0.3) is 11.4 Å². The number of nitrogens with one attached hydrogen (secondary N) is 1. The molecule has 0 spiro atoms. The van der Waals surface area contributed by atoms with E-state index in [0.29, 0.717) is 0 Å². The van der Waals surface area contributed by atoms with Crippen LogP contribution in [-0.4, -0.2) is 28.4 Å². The molecule has 1 aromatic carbocycles. The molecule has 19 heavy (non-hydrogen) atoms. The summed E-state index contributed by atoms with van der Waals surface area (Å²) in [4.78, 5) is 0. The van der Waals surface area contributed by atoms with Crippen molar-refractivity contribution < 1.29 is 4.74 Å². The molecular formula is C14H20N4O. The third-order valence-electron chi connectivity index (χ3n) is 3.00. The molecule has 1 N–H and O–H groups in total. The Morgan fingerprint density at radius 1 is 1.26 bits per heavy atom. The van der Waals surface area contributed by atoms with E-state index in [4.69, 9.17) is 4.74 Å². The van der Waals surface area contributed by atoms with Gasteiger partial charge in [-0.3, -0.25) is 4.57 Å². The largest absolute Gasteiger partial charge is 0.496 e. The van der Waals surface area contributed by atoms with E-state index in [1.807, 2.05) is 19.1 Å². The molecule has 0 atom stereocenters. The quantitative estimate of drug-likeness (QED) is 0.898. The molecule has 0 fully saturated rings. The Labute approximate surface area is 113 Å². The van der Waals surface area contributed by atoms with Crippen molar-refractivity contribution in [2.75, 3.05) is 19.0 Å². The van der Waals surface area contributed by atoms with E-state index in [2.05, 4.69) is 40.0 Å². The number of nitrogens with zero attached hydrogens (tertiary/aromatic N) is 3. The lowest BCUT2D eigenvalue weighted by molar-refractivity contribution is 0.416. The number of aryl methyl sites for hydroxylation is 1. The minimum absolute atomic E-state index is 0.795. The minimum atomic E-state index is 0.795. The number of methoxy groups -OCH3 is 1. The summed E-state index contributed by atoms with van der Waals surface area (Å²) in [5, 5.41) is 11.7. The first kappa shape index (κ1) is 13.4. The molecule has 0 saturated carbocycles. The van der Waals surface area contributed by atoms with Crippen molar-refractivity contribution in [3.05, 3.63) is 23.8 Å². The van der Waals surface area contributed by atoms with Gasteiger partial charge >= 0.3 is 0 Å². The third kappa shape index (κ3) is 2.54. The van der Waals surface area contributed by atoms with Crippen LogP contribution in [0, 0.1) is 6.92 Å². The van der Waals surface area contributed by atoms with E-state index in [9.17, 15) is 0 Å². The molecule has 0 radical (unpaired) electrons. The summed E-state index contributed by atoms with van der Waals surface area (Å²) in [5.74, 6) is 2.44. The van der Waals surface area contributed by atoms with E-state index in [1.54, 1.807) is 7.11 Å². The standard InChI is InChI=1S/C14H20N4O/c1-5-15-14-17-16-13(18(14)6-2)11-9-10(3)7-8-12(11)19-4/h7-9H,5-6H2,1-4H3,(H,15,17). The number of ether oxygens (including phenoxy) is 1.